The molecule has 3 nitrogen and oxygen atoms in total. The van der Waals surface area contributed by atoms with Gasteiger partial charge in [-0.05, 0) is 40.0 Å². The number of rotatable bonds is 1. The molecule has 1 aliphatic rings. The largest absolute Gasteiger partial charge is 0.458 e. The van der Waals surface area contributed by atoms with Gasteiger partial charge in [-0.25, -0.2) is 4.79 Å². The van der Waals surface area contributed by atoms with Crippen LogP contribution in [0, 0.1) is 12.5 Å². The predicted molar refractivity (Wildman–Crippen MR) is 57.3 cm³/mol. The van der Waals surface area contributed by atoms with Crippen molar-refractivity contribution in [1.29, 1.82) is 0 Å². The molecular weight excluding hydrogens is 190 g/mol. The summed E-state index contributed by atoms with van der Waals surface area (Å²) in [7, 11) is 0. The van der Waals surface area contributed by atoms with E-state index in [1.807, 2.05) is 20.8 Å². The average molecular weight is 208 g/mol. The summed E-state index contributed by atoms with van der Waals surface area (Å²) in [6.45, 7) is 6.29. The molecule has 1 heterocycles. The predicted octanol–water partition coefficient (Wildman–Crippen LogP) is 1.73. The number of nitrogens with zero attached hydrogens (tertiary/aromatic N) is 1. The second kappa shape index (κ2) is 4.57. The Morgan fingerprint density at radius 3 is 2.67 bits per heavy atom. The molecule has 0 aromatic heterocycles. The maximum absolute atomic E-state index is 11.8. The summed E-state index contributed by atoms with van der Waals surface area (Å²) in [5, 5.41) is 0. The van der Waals surface area contributed by atoms with Crippen molar-refractivity contribution in [2.45, 2.75) is 51.7 Å². The molecule has 3 heteroatoms. The van der Waals surface area contributed by atoms with Crippen LogP contribution in [0.25, 0.3) is 0 Å². The molecule has 0 aromatic rings. The highest BCUT2D eigenvalue weighted by molar-refractivity contribution is 5.76. The first-order valence-electron chi connectivity index (χ1n) is 5.36. The van der Waals surface area contributed by atoms with Gasteiger partial charge in [0.15, 0.2) is 0 Å². The van der Waals surface area contributed by atoms with Crippen LogP contribution in [-0.2, 0) is 9.53 Å². The smallest absolute Gasteiger partial charge is 0.329 e. The average Bonchev–Trinajstić information content (AvgIpc) is 2.15. The number of hydrogen-bond donors (Lipinski definition) is 0. The molecule has 1 unspecified atom stereocenters. The van der Waals surface area contributed by atoms with Crippen LogP contribution in [0.3, 0.4) is 0 Å². The lowest BCUT2D eigenvalue weighted by Gasteiger charge is -2.32. The first kappa shape index (κ1) is 11.9. The van der Waals surface area contributed by atoms with Crippen molar-refractivity contribution in [3.63, 3.8) is 0 Å². The first-order chi connectivity index (χ1) is 6.94. The Morgan fingerprint density at radius 2 is 2.13 bits per heavy atom. The molecule has 1 aliphatic heterocycles. The van der Waals surface area contributed by atoms with E-state index in [9.17, 15) is 4.79 Å². The number of ether oxygens (including phenoxy) is 1. The van der Waals surface area contributed by atoms with Gasteiger partial charge in [0.05, 0.1) is 0 Å². The highest BCUT2D eigenvalue weighted by Gasteiger charge is 2.31. The second-order valence-corrected chi connectivity index (χ2v) is 4.85. The quantitative estimate of drug-likeness (QED) is 0.485. The van der Waals surface area contributed by atoms with E-state index >= 15 is 0 Å². The molecule has 0 spiro atoms. The zero-order chi connectivity index (χ0) is 11.5. The molecule has 1 rings (SSSR count). The van der Waals surface area contributed by atoms with E-state index in [0.29, 0.717) is 0 Å². The lowest BCUT2D eigenvalue weighted by molar-refractivity contribution is -0.161. The van der Waals surface area contributed by atoms with Crippen LogP contribution in [0.5, 0.6) is 0 Å². The van der Waals surface area contributed by atoms with Gasteiger partial charge in [0, 0.05) is 19.0 Å². The number of esters is 1. The van der Waals surface area contributed by atoms with Crippen molar-refractivity contribution in [2.75, 3.05) is 6.54 Å². The number of carbonyl (C=O) groups is 1. The zero-order valence-corrected chi connectivity index (χ0v) is 9.67. The number of carbonyl (C=O) groups excluding carboxylic acids is 1. The minimum absolute atomic E-state index is 0.234. The van der Waals surface area contributed by atoms with Crippen molar-refractivity contribution >= 4 is 5.97 Å². The molecule has 15 heavy (non-hydrogen) atoms. The van der Waals surface area contributed by atoms with Crippen LogP contribution >= 0.6 is 0 Å². The maximum atomic E-state index is 11.8. The van der Waals surface area contributed by atoms with Gasteiger partial charge in [-0.1, -0.05) is 0 Å². The van der Waals surface area contributed by atoms with Crippen LogP contribution in [0.1, 0.15) is 40.0 Å². The summed E-state index contributed by atoms with van der Waals surface area (Å²) in [5.74, 6) is -0.234. The van der Waals surface area contributed by atoms with E-state index in [0.717, 1.165) is 25.8 Å². The Hall–Kier alpha value is -1.17. The van der Waals surface area contributed by atoms with Gasteiger partial charge in [0.2, 0.25) is 0 Å². The van der Waals surface area contributed by atoms with Gasteiger partial charge in [-0.2, -0.15) is 0 Å². The SMILES string of the molecule is [C]#CN1CCCCC1C(=O)OC(C)(C)C. The normalized spacial score (nSPS) is 22.0. The summed E-state index contributed by atoms with van der Waals surface area (Å²) in [6.07, 6.45) is 9.92. The summed E-state index contributed by atoms with van der Waals surface area (Å²) < 4.78 is 5.31. The van der Waals surface area contributed by atoms with Crippen LogP contribution in [0.15, 0.2) is 0 Å². The van der Waals surface area contributed by atoms with Crippen molar-refractivity contribution in [1.82, 2.24) is 4.90 Å². The Kier molecular flexibility index (Phi) is 3.62. The topological polar surface area (TPSA) is 29.5 Å². The number of hydrogen-bond acceptors (Lipinski definition) is 3. The molecule has 0 saturated carbocycles. The Morgan fingerprint density at radius 1 is 1.47 bits per heavy atom. The van der Waals surface area contributed by atoms with Crippen LogP contribution in [0.4, 0.5) is 0 Å². The van der Waals surface area contributed by atoms with E-state index < -0.39 is 5.60 Å². The molecule has 0 aliphatic carbocycles. The van der Waals surface area contributed by atoms with E-state index in [2.05, 4.69) is 6.04 Å². The van der Waals surface area contributed by atoms with Gasteiger partial charge < -0.3 is 9.64 Å². The molecule has 1 fully saturated rings. The summed E-state index contributed by atoms with van der Waals surface area (Å²) in [6, 6.07) is 1.99. The number of likely N-dealkylation sites (tertiary alicyclic amines) is 1. The molecule has 1 saturated heterocycles. The third kappa shape index (κ3) is 3.47. The minimum atomic E-state index is -0.456. The van der Waals surface area contributed by atoms with Crippen molar-refractivity contribution in [3.05, 3.63) is 6.42 Å². The Bertz CT molecular complexity index is 272. The fraction of sp³-hybridized carbons (Fsp3) is 0.750. The molecule has 0 bridgehead atoms. The Labute approximate surface area is 91.8 Å². The molecule has 1 atom stereocenters. The lowest BCUT2D eigenvalue weighted by atomic mass is 10.0. The zero-order valence-electron chi connectivity index (χ0n) is 9.67. The monoisotopic (exact) mass is 208 g/mol. The second-order valence-electron chi connectivity index (χ2n) is 4.85. The standard InChI is InChI=1S/C12H18NO2/c1-5-13-9-7-6-8-10(13)11(14)15-12(2,3)4/h10H,6-9H2,2-4H3. The van der Waals surface area contributed by atoms with Crippen LogP contribution < -0.4 is 0 Å². The maximum Gasteiger partial charge on any atom is 0.329 e. The van der Waals surface area contributed by atoms with Crippen molar-refractivity contribution in [2.24, 2.45) is 0 Å². The van der Waals surface area contributed by atoms with E-state index in [1.54, 1.807) is 4.90 Å². The van der Waals surface area contributed by atoms with Gasteiger partial charge in [0.25, 0.3) is 0 Å². The fourth-order valence-electron chi connectivity index (χ4n) is 1.68. The highest BCUT2D eigenvalue weighted by Crippen LogP contribution is 2.19. The molecule has 0 amide bonds. The van der Waals surface area contributed by atoms with Crippen molar-refractivity contribution < 1.29 is 9.53 Å². The van der Waals surface area contributed by atoms with E-state index in [1.165, 1.54) is 0 Å². The summed E-state index contributed by atoms with van der Waals surface area (Å²) in [4.78, 5) is 13.4. The van der Waals surface area contributed by atoms with E-state index in [-0.39, 0.29) is 12.0 Å². The summed E-state index contributed by atoms with van der Waals surface area (Å²) >= 11 is 0. The van der Waals surface area contributed by atoms with Gasteiger partial charge >= 0.3 is 5.97 Å². The van der Waals surface area contributed by atoms with Crippen molar-refractivity contribution in [3.8, 4) is 6.04 Å². The summed E-state index contributed by atoms with van der Waals surface area (Å²) in [5.41, 5.74) is -0.456. The fourth-order valence-corrected chi connectivity index (χ4v) is 1.68. The van der Waals surface area contributed by atoms with Gasteiger partial charge in [0.1, 0.15) is 11.6 Å². The molecular formula is C12H18NO2. The Balaban J connectivity index is 2.61. The molecule has 0 N–H and O–H groups in total. The van der Waals surface area contributed by atoms with Gasteiger partial charge in [-0.15, -0.1) is 0 Å². The van der Waals surface area contributed by atoms with Crippen LogP contribution in [0.2, 0.25) is 0 Å². The third-order valence-corrected chi connectivity index (χ3v) is 2.33. The number of piperidine rings is 1. The highest BCUT2D eigenvalue weighted by atomic mass is 16.6. The first-order valence-corrected chi connectivity index (χ1v) is 5.36. The minimum Gasteiger partial charge on any atom is -0.458 e. The molecule has 0 aromatic carbocycles. The van der Waals surface area contributed by atoms with Gasteiger partial charge in [-0.3, -0.25) is 0 Å². The van der Waals surface area contributed by atoms with E-state index in [4.69, 9.17) is 11.2 Å². The lowest BCUT2D eigenvalue weighted by Crippen LogP contribution is -2.44. The molecule has 1 radical (unpaired) electrons. The molecule has 83 valence electrons. The van der Waals surface area contributed by atoms with Crippen LogP contribution in [-0.4, -0.2) is 29.1 Å². The third-order valence-electron chi connectivity index (χ3n) is 2.33.